The van der Waals surface area contributed by atoms with Crippen molar-refractivity contribution in [3.8, 4) is 11.3 Å². The zero-order valence-electron chi connectivity index (χ0n) is 13.9. The van der Waals surface area contributed by atoms with Crippen molar-refractivity contribution >= 4 is 5.91 Å². The van der Waals surface area contributed by atoms with Gasteiger partial charge >= 0.3 is 0 Å². The van der Waals surface area contributed by atoms with E-state index in [4.69, 9.17) is 0 Å². The quantitative estimate of drug-likeness (QED) is 0.851. The van der Waals surface area contributed by atoms with Crippen LogP contribution in [0.3, 0.4) is 0 Å². The van der Waals surface area contributed by atoms with Gasteiger partial charge in [0, 0.05) is 31.4 Å². The van der Waals surface area contributed by atoms with Crippen LogP contribution < -0.4 is 5.32 Å². The molecule has 0 aliphatic rings. The minimum atomic E-state index is -0.780. The molecule has 0 spiro atoms. The first-order valence-corrected chi connectivity index (χ1v) is 7.75. The smallest absolute Gasteiger partial charge is 0.255 e. The van der Waals surface area contributed by atoms with Crippen molar-refractivity contribution in [3.05, 3.63) is 41.6 Å². The van der Waals surface area contributed by atoms with Gasteiger partial charge in [-0.3, -0.25) is 9.48 Å². The number of hydrogen-bond donors (Lipinski definition) is 2. The largest absolute Gasteiger partial charge is 0.393 e. The van der Waals surface area contributed by atoms with Crippen molar-refractivity contribution < 1.29 is 18.7 Å². The van der Waals surface area contributed by atoms with Gasteiger partial charge in [-0.05, 0) is 24.5 Å². The second-order valence-electron chi connectivity index (χ2n) is 6.05. The summed E-state index contributed by atoms with van der Waals surface area (Å²) in [4.78, 5) is 12.3. The average Bonchev–Trinajstić information content (AvgIpc) is 2.88. The number of carbonyl (C=O) groups excluding carboxylic acids is 1. The first kappa shape index (κ1) is 18.1. The lowest BCUT2D eigenvalue weighted by atomic mass is 10.0. The minimum absolute atomic E-state index is 0.0596. The van der Waals surface area contributed by atoms with Crippen molar-refractivity contribution in [2.45, 2.75) is 26.4 Å². The van der Waals surface area contributed by atoms with Gasteiger partial charge < -0.3 is 10.4 Å². The molecule has 2 aromatic rings. The number of benzene rings is 1. The molecule has 1 unspecified atom stereocenters. The molecular weight excluding hydrogens is 316 g/mol. The van der Waals surface area contributed by atoms with Crippen LogP contribution in [0.25, 0.3) is 11.3 Å². The van der Waals surface area contributed by atoms with Crippen LogP contribution in [-0.2, 0) is 7.05 Å². The van der Waals surface area contributed by atoms with E-state index < -0.39 is 23.6 Å². The van der Waals surface area contributed by atoms with Gasteiger partial charge in [0.1, 0.15) is 17.3 Å². The first-order chi connectivity index (χ1) is 11.3. The minimum Gasteiger partial charge on any atom is -0.393 e. The molecule has 5 nitrogen and oxygen atoms in total. The number of amides is 1. The highest BCUT2D eigenvalue weighted by Gasteiger charge is 2.20. The van der Waals surface area contributed by atoms with Gasteiger partial charge in [-0.2, -0.15) is 5.10 Å². The first-order valence-electron chi connectivity index (χ1n) is 7.75. The molecule has 1 amide bonds. The number of aromatic nitrogens is 2. The van der Waals surface area contributed by atoms with E-state index in [0.717, 1.165) is 12.1 Å². The lowest BCUT2D eigenvalue weighted by Crippen LogP contribution is -2.28. The highest BCUT2D eigenvalue weighted by molar-refractivity contribution is 5.99. The zero-order chi connectivity index (χ0) is 17.9. The van der Waals surface area contributed by atoms with Crippen molar-refractivity contribution in [1.29, 1.82) is 0 Å². The molecule has 2 rings (SSSR count). The number of carbonyl (C=O) groups is 1. The maximum atomic E-state index is 14.0. The Bertz CT molecular complexity index is 729. The second kappa shape index (κ2) is 7.53. The number of rotatable bonds is 6. The molecule has 7 heteroatoms. The summed E-state index contributed by atoms with van der Waals surface area (Å²) < 4.78 is 28.4. The molecule has 130 valence electrons. The molecule has 1 atom stereocenters. The lowest BCUT2D eigenvalue weighted by molar-refractivity contribution is 0.0920. The van der Waals surface area contributed by atoms with Gasteiger partial charge in [-0.15, -0.1) is 0 Å². The molecule has 1 heterocycles. The third-order valence-corrected chi connectivity index (χ3v) is 3.75. The van der Waals surface area contributed by atoms with Crippen LogP contribution in [-0.4, -0.2) is 33.4 Å². The maximum Gasteiger partial charge on any atom is 0.255 e. The Morgan fingerprint density at radius 2 is 2.08 bits per heavy atom. The lowest BCUT2D eigenvalue weighted by Gasteiger charge is -2.14. The molecule has 0 radical (unpaired) electrons. The number of aryl methyl sites for hydroxylation is 1. The molecule has 0 fully saturated rings. The van der Waals surface area contributed by atoms with Crippen LogP contribution in [0.2, 0.25) is 0 Å². The number of nitrogens with zero attached hydrogens (tertiary/aromatic N) is 2. The van der Waals surface area contributed by atoms with Crippen LogP contribution in [0.5, 0.6) is 0 Å². The van der Waals surface area contributed by atoms with E-state index in [2.05, 4.69) is 10.4 Å². The summed E-state index contributed by atoms with van der Waals surface area (Å²) in [5.74, 6) is -1.79. The van der Waals surface area contributed by atoms with E-state index >= 15 is 0 Å². The van der Waals surface area contributed by atoms with E-state index in [1.807, 2.05) is 13.8 Å². The molecule has 2 N–H and O–H groups in total. The third-order valence-electron chi connectivity index (χ3n) is 3.75. The Morgan fingerprint density at radius 1 is 1.38 bits per heavy atom. The predicted molar refractivity (Wildman–Crippen MR) is 86.4 cm³/mol. The molecule has 0 aliphatic heterocycles. The van der Waals surface area contributed by atoms with Gasteiger partial charge in [0.25, 0.3) is 5.91 Å². The molecular formula is C17H21F2N3O2. The second-order valence-corrected chi connectivity index (χ2v) is 6.05. The maximum absolute atomic E-state index is 14.0. The summed E-state index contributed by atoms with van der Waals surface area (Å²) in [6.07, 6.45) is 1.39. The Kier molecular flexibility index (Phi) is 5.66. The predicted octanol–water partition coefficient (Wildman–Crippen LogP) is 2.50. The molecule has 0 aliphatic carbocycles. The summed E-state index contributed by atoms with van der Waals surface area (Å²) in [7, 11) is 1.62. The molecule has 1 aromatic heterocycles. The fourth-order valence-corrected chi connectivity index (χ4v) is 2.30. The van der Waals surface area contributed by atoms with E-state index in [0.29, 0.717) is 13.0 Å². The van der Waals surface area contributed by atoms with Crippen LogP contribution in [0, 0.1) is 17.6 Å². The van der Waals surface area contributed by atoms with E-state index in [9.17, 15) is 18.7 Å². The number of aliphatic hydroxyl groups excluding tert-OH is 1. The summed E-state index contributed by atoms with van der Waals surface area (Å²) in [5.41, 5.74) is 0.406. The SMILES string of the molecule is CC(C)C(O)CCNC(=O)c1cn(C)nc1-c1ccc(F)cc1F. The molecule has 0 saturated heterocycles. The fraction of sp³-hybridized carbons (Fsp3) is 0.412. The Hall–Kier alpha value is -2.28. The number of aliphatic hydroxyl groups is 1. The molecule has 24 heavy (non-hydrogen) atoms. The van der Waals surface area contributed by atoms with Crippen LogP contribution in [0.1, 0.15) is 30.6 Å². The van der Waals surface area contributed by atoms with Crippen molar-refractivity contribution in [2.24, 2.45) is 13.0 Å². The monoisotopic (exact) mass is 337 g/mol. The summed E-state index contributed by atoms with van der Waals surface area (Å²) in [5, 5.41) is 16.6. The van der Waals surface area contributed by atoms with Gasteiger partial charge in [0.2, 0.25) is 0 Å². The molecule has 0 saturated carbocycles. The van der Waals surface area contributed by atoms with Crippen LogP contribution in [0.4, 0.5) is 8.78 Å². The normalized spacial score (nSPS) is 12.5. The highest BCUT2D eigenvalue weighted by Crippen LogP contribution is 2.25. The topological polar surface area (TPSA) is 67.2 Å². The Balaban J connectivity index is 2.18. The summed E-state index contributed by atoms with van der Waals surface area (Å²) >= 11 is 0. The van der Waals surface area contributed by atoms with Gasteiger partial charge in [0.05, 0.1) is 11.7 Å². The van der Waals surface area contributed by atoms with Gasteiger partial charge in [-0.25, -0.2) is 8.78 Å². The zero-order valence-corrected chi connectivity index (χ0v) is 13.9. The number of nitrogens with one attached hydrogen (secondary N) is 1. The van der Waals surface area contributed by atoms with Crippen molar-refractivity contribution in [3.63, 3.8) is 0 Å². The van der Waals surface area contributed by atoms with Crippen LogP contribution >= 0.6 is 0 Å². The molecule has 0 bridgehead atoms. The third kappa shape index (κ3) is 4.17. The van der Waals surface area contributed by atoms with Crippen molar-refractivity contribution in [2.75, 3.05) is 6.54 Å². The van der Waals surface area contributed by atoms with E-state index in [-0.39, 0.29) is 22.7 Å². The summed E-state index contributed by atoms with van der Waals surface area (Å²) in [6.45, 7) is 4.07. The number of halogens is 2. The summed E-state index contributed by atoms with van der Waals surface area (Å²) in [6, 6.07) is 3.13. The molecule has 1 aromatic carbocycles. The standard InChI is InChI=1S/C17H21F2N3O2/c1-10(2)15(23)6-7-20-17(24)13-9-22(3)21-16(13)12-5-4-11(18)8-14(12)19/h4-5,8-10,15,23H,6-7H2,1-3H3,(H,20,24). The average molecular weight is 337 g/mol. The fourth-order valence-electron chi connectivity index (χ4n) is 2.30. The highest BCUT2D eigenvalue weighted by atomic mass is 19.1. The van der Waals surface area contributed by atoms with Gasteiger partial charge in [0.15, 0.2) is 0 Å². The Labute approximate surface area is 139 Å². The number of hydrogen-bond acceptors (Lipinski definition) is 3. The van der Waals surface area contributed by atoms with E-state index in [1.54, 1.807) is 7.05 Å². The van der Waals surface area contributed by atoms with Crippen molar-refractivity contribution in [1.82, 2.24) is 15.1 Å². The van der Waals surface area contributed by atoms with E-state index in [1.165, 1.54) is 16.9 Å². The van der Waals surface area contributed by atoms with Crippen LogP contribution in [0.15, 0.2) is 24.4 Å². The Morgan fingerprint density at radius 3 is 2.71 bits per heavy atom. The van der Waals surface area contributed by atoms with Gasteiger partial charge in [-0.1, -0.05) is 13.8 Å².